The summed E-state index contributed by atoms with van der Waals surface area (Å²) in [5, 5.41) is 18.3. The number of aromatic nitrogens is 1. The molecular weight excluding hydrogens is 557 g/mol. The van der Waals surface area contributed by atoms with E-state index in [9.17, 15) is 22.9 Å². The summed E-state index contributed by atoms with van der Waals surface area (Å²) in [4.78, 5) is 23.8. The highest BCUT2D eigenvalue weighted by atomic mass is 32.2. The molecule has 0 spiro atoms. The molecule has 3 aromatic rings. The topological polar surface area (TPSA) is 136 Å². The largest absolute Gasteiger partial charge is 0.370 e. The Hall–Kier alpha value is -4.21. The number of piperazine rings is 1. The minimum absolute atomic E-state index is 0.180. The quantitative estimate of drug-likeness (QED) is 0.445. The monoisotopic (exact) mass is 591 g/mol. The lowest BCUT2D eigenvalue weighted by atomic mass is 10.0. The summed E-state index contributed by atoms with van der Waals surface area (Å²) in [6.07, 6.45) is 1.73. The molecule has 3 N–H and O–H groups in total. The van der Waals surface area contributed by atoms with Crippen molar-refractivity contribution in [1.29, 1.82) is 5.26 Å². The van der Waals surface area contributed by atoms with Crippen molar-refractivity contribution in [2.45, 2.75) is 37.6 Å². The Morgan fingerprint density at radius 2 is 1.64 bits per heavy atom. The third-order valence-corrected chi connectivity index (χ3v) is 8.88. The second-order valence-corrected chi connectivity index (χ2v) is 12.3. The highest BCUT2D eigenvalue weighted by Crippen LogP contribution is 2.28. The molecule has 12 heteroatoms. The highest BCUT2D eigenvalue weighted by molar-refractivity contribution is 7.89. The lowest BCUT2D eigenvalue weighted by molar-refractivity contribution is 0.0740. The van der Waals surface area contributed by atoms with Crippen LogP contribution in [0.2, 0.25) is 0 Å². The molecule has 1 amide bonds. The number of halogens is 1. The van der Waals surface area contributed by atoms with Gasteiger partial charge in [0.1, 0.15) is 28.3 Å². The molecule has 2 aromatic carbocycles. The average molecular weight is 592 g/mol. The Kier molecular flexibility index (Phi) is 8.34. The van der Waals surface area contributed by atoms with Gasteiger partial charge in [0.25, 0.3) is 5.91 Å². The van der Waals surface area contributed by atoms with Crippen molar-refractivity contribution in [3.63, 3.8) is 0 Å². The Morgan fingerprint density at radius 1 is 0.976 bits per heavy atom. The molecule has 0 unspecified atom stereocenters. The number of nitriles is 1. The van der Waals surface area contributed by atoms with Crippen molar-refractivity contribution in [3.05, 3.63) is 76.7 Å². The van der Waals surface area contributed by atoms with Gasteiger partial charge in [-0.3, -0.25) is 4.79 Å². The third kappa shape index (κ3) is 6.17. The first-order valence-electron chi connectivity index (χ1n) is 13.9. The second kappa shape index (κ2) is 12.0. The first-order valence-corrected chi connectivity index (χ1v) is 15.4. The fourth-order valence-corrected chi connectivity index (χ4v) is 6.46. The summed E-state index contributed by atoms with van der Waals surface area (Å²) in [6.45, 7) is 6.87. The molecule has 2 aliphatic rings. The number of para-hydroxylation sites is 1. The fourth-order valence-electron chi connectivity index (χ4n) is 5.69. The fraction of sp³-hybridized carbons (Fsp3) is 0.367. The van der Waals surface area contributed by atoms with E-state index < -0.39 is 15.8 Å². The van der Waals surface area contributed by atoms with Gasteiger partial charge in [-0.15, -0.1) is 0 Å². The molecule has 2 fully saturated rings. The minimum atomic E-state index is -4.12. The number of primary sulfonamides is 1. The number of piperidine rings is 1. The number of carbonyl (C=O) groups is 1. The maximum atomic E-state index is 13.7. The molecule has 2 aliphatic heterocycles. The number of nitrogens with two attached hydrogens (primary N) is 1. The van der Waals surface area contributed by atoms with Gasteiger partial charge in [-0.25, -0.2) is 22.9 Å². The lowest BCUT2D eigenvalue weighted by Gasteiger charge is -2.37. The number of pyridine rings is 1. The van der Waals surface area contributed by atoms with Crippen LogP contribution < -0.4 is 20.3 Å². The molecule has 0 atom stereocenters. The number of hydrogen-bond acceptors (Lipinski definition) is 8. The molecule has 5 rings (SSSR count). The van der Waals surface area contributed by atoms with E-state index in [1.807, 2.05) is 44.2 Å². The molecule has 0 saturated carbocycles. The number of benzene rings is 2. The minimum Gasteiger partial charge on any atom is -0.370 e. The number of aryl methyl sites for hydroxylation is 2. The van der Waals surface area contributed by atoms with E-state index in [4.69, 9.17) is 10.1 Å². The van der Waals surface area contributed by atoms with Crippen molar-refractivity contribution in [2.24, 2.45) is 5.14 Å². The first kappa shape index (κ1) is 29.3. The standard InChI is InChI=1S/C30H34FN7O3S/c1-20-17-21(2)29(34-24-9-11-36(12-10-24)25-6-4-3-5-22(25)19-32)35-28(20)30(39)38-15-13-37(14-16-38)26-8-7-23(31)18-27(26)42(33,40)41/h3-8,17-18,24H,9-16H2,1-2H3,(H,34,35)(H2,33,40,41). The summed E-state index contributed by atoms with van der Waals surface area (Å²) in [6, 6.07) is 15.6. The van der Waals surface area contributed by atoms with Crippen LogP contribution in [0.4, 0.5) is 21.6 Å². The normalized spacial score (nSPS) is 16.3. The van der Waals surface area contributed by atoms with Crippen LogP contribution in [-0.2, 0) is 10.0 Å². The molecule has 10 nitrogen and oxygen atoms in total. The van der Waals surface area contributed by atoms with Crippen LogP contribution in [0.15, 0.2) is 53.4 Å². The van der Waals surface area contributed by atoms with Crippen LogP contribution >= 0.6 is 0 Å². The smallest absolute Gasteiger partial charge is 0.272 e. The predicted molar refractivity (Wildman–Crippen MR) is 160 cm³/mol. The van der Waals surface area contributed by atoms with E-state index in [-0.39, 0.29) is 16.8 Å². The van der Waals surface area contributed by atoms with Gasteiger partial charge in [0.05, 0.1) is 16.9 Å². The van der Waals surface area contributed by atoms with Crippen molar-refractivity contribution in [1.82, 2.24) is 9.88 Å². The predicted octanol–water partition coefficient (Wildman–Crippen LogP) is 3.40. The Balaban J connectivity index is 1.24. The van der Waals surface area contributed by atoms with E-state index in [0.717, 1.165) is 48.8 Å². The van der Waals surface area contributed by atoms with E-state index in [1.54, 1.807) is 9.80 Å². The molecule has 3 heterocycles. The number of hydrogen-bond donors (Lipinski definition) is 2. The van der Waals surface area contributed by atoms with Crippen LogP contribution in [0.5, 0.6) is 0 Å². The van der Waals surface area contributed by atoms with Crippen LogP contribution in [0.3, 0.4) is 0 Å². The SMILES string of the molecule is Cc1cc(C)c(C(=O)N2CCN(c3ccc(F)cc3S(N)(=O)=O)CC2)nc1NC1CCN(c2ccccc2C#N)CC1. The number of rotatable bonds is 6. The summed E-state index contributed by atoms with van der Waals surface area (Å²) in [7, 11) is -4.12. The zero-order valence-electron chi connectivity index (χ0n) is 23.7. The van der Waals surface area contributed by atoms with E-state index in [2.05, 4.69) is 16.3 Å². The van der Waals surface area contributed by atoms with Crippen molar-refractivity contribution in [3.8, 4) is 6.07 Å². The second-order valence-electron chi connectivity index (χ2n) is 10.8. The molecule has 42 heavy (non-hydrogen) atoms. The summed E-state index contributed by atoms with van der Waals surface area (Å²) in [5.41, 5.74) is 4.07. The highest BCUT2D eigenvalue weighted by Gasteiger charge is 2.28. The van der Waals surface area contributed by atoms with Crippen LogP contribution in [0.1, 0.15) is 40.0 Å². The summed E-state index contributed by atoms with van der Waals surface area (Å²) < 4.78 is 37.8. The van der Waals surface area contributed by atoms with E-state index in [1.165, 1.54) is 12.1 Å². The van der Waals surface area contributed by atoms with Crippen LogP contribution in [0, 0.1) is 31.0 Å². The van der Waals surface area contributed by atoms with Gasteiger partial charge in [-0.05, 0) is 68.1 Å². The van der Waals surface area contributed by atoms with Gasteiger partial charge < -0.3 is 20.0 Å². The summed E-state index contributed by atoms with van der Waals surface area (Å²) >= 11 is 0. The molecule has 0 bridgehead atoms. The molecule has 0 radical (unpaired) electrons. The number of sulfonamides is 1. The number of carbonyl (C=O) groups excluding carboxylic acids is 1. The van der Waals surface area contributed by atoms with E-state index >= 15 is 0 Å². The Bertz CT molecular complexity index is 1640. The zero-order chi connectivity index (χ0) is 30.0. The molecule has 1 aromatic heterocycles. The van der Waals surface area contributed by atoms with Crippen LogP contribution in [-0.4, -0.2) is 69.5 Å². The molecular formula is C30H34FN7O3S. The third-order valence-electron chi connectivity index (χ3n) is 7.94. The van der Waals surface area contributed by atoms with Gasteiger partial charge in [-0.2, -0.15) is 5.26 Å². The Morgan fingerprint density at radius 3 is 2.31 bits per heavy atom. The summed E-state index contributed by atoms with van der Waals surface area (Å²) in [5.74, 6) is -0.191. The van der Waals surface area contributed by atoms with Gasteiger partial charge in [0, 0.05) is 45.3 Å². The molecule has 2 saturated heterocycles. The maximum absolute atomic E-state index is 13.7. The number of amides is 1. The van der Waals surface area contributed by atoms with Gasteiger partial charge >= 0.3 is 0 Å². The van der Waals surface area contributed by atoms with Crippen LogP contribution in [0.25, 0.3) is 0 Å². The zero-order valence-corrected chi connectivity index (χ0v) is 24.5. The van der Waals surface area contributed by atoms with Crippen molar-refractivity contribution >= 4 is 33.1 Å². The number of nitrogens with one attached hydrogen (secondary N) is 1. The van der Waals surface area contributed by atoms with Gasteiger partial charge in [0.2, 0.25) is 10.0 Å². The first-order chi connectivity index (χ1) is 20.0. The van der Waals surface area contributed by atoms with Gasteiger partial charge in [-0.1, -0.05) is 18.2 Å². The molecule has 0 aliphatic carbocycles. The number of nitrogens with zero attached hydrogens (tertiary/aromatic N) is 5. The molecule has 220 valence electrons. The maximum Gasteiger partial charge on any atom is 0.272 e. The van der Waals surface area contributed by atoms with Crippen molar-refractivity contribution < 1.29 is 17.6 Å². The number of anilines is 3. The average Bonchev–Trinajstić information content (AvgIpc) is 2.98. The van der Waals surface area contributed by atoms with Gasteiger partial charge in [0.15, 0.2) is 0 Å². The lowest BCUT2D eigenvalue weighted by Crippen LogP contribution is -2.49. The Labute approximate surface area is 245 Å². The van der Waals surface area contributed by atoms with Crippen molar-refractivity contribution in [2.75, 3.05) is 54.4 Å². The van der Waals surface area contributed by atoms with E-state index in [0.29, 0.717) is 48.9 Å².